The van der Waals surface area contributed by atoms with Gasteiger partial charge in [-0.15, -0.1) is 5.10 Å². The zero-order valence-corrected chi connectivity index (χ0v) is 18.6. The lowest BCUT2D eigenvalue weighted by molar-refractivity contribution is -0.142. The number of aromatic nitrogens is 4. The van der Waals surface area contributed by atoms with E-state index >= 15 is 0 Å². The summed E-state index contributed by atoms with van der Waals surface area (Å²) in [5, 5.41) is 8.18. The van der Waals surface area contributed by atoms with Gasteiger partial charge in [-0.05, 0) is 37.1 Å². The average Bonchev–Trinajstić information content (AvgIpc) is 3.14. The number of piperidine rings is 1. The molecule has 0 bridgehead atoms. The summed E-state index contributed by atoms with van der Waals surface area (Å²) in [4.78, 5) is 22.0. The first-order valence-electron chi connectivity index (χ1n) is 11.3. The van der Waals surface area contributed by atoms with Crippen LogP contribution in [0.25, 0.3) is 27.5 Å². The van der Waals surface area contributed by atoms with Crippen LogP contribution in [0.2, 0.25) is 0 Å². The molecule has 2 aliphatic heterocycles. The average molecular weight is 466 g/mol. The lowest BCUT2D eigenvalue weighted by Gasteiger charge is -2.50. The second kappa shape index (κ2) is 7.85. The number of fused-ring (bicyclic) bond motifs is 2. The second-order valence-electron chi connectivity index (χ2n) is 9.35. The first-order chi connectivity index (χ1) is 16.4. The smallest absolute Gasteiger partial charge is 0.277 e. The molecule has 2 aliphatic rings. The van der Waals surface area contributed by atoms with E-state index in [1.807, 2.05) is 6.07 Å². The normalized spacial score (nSPS) is 22.7. The molecule has 2 atom stereocenters. The number of H-pyrrole nitrogens is 1. The second-order valence-corrected chi connectivity index (χ2v) is 9.35. The summed E-state index contributed by atoms with van der Waals surface area (Å²) in [6, 6.07) is 8.48. The first-order valence-corrected chi connectivity index (χ1v) is 11.3. The van der Waals surface area contributed by atoms with E-state index in [4.69, 9.17) is 4.74 Å². The van der Waals surface area contributed by atoms with E-state index in [2.05, 4.69) is 32.2 Å². The third-order valence-corrected chi connectivity index (χ3v) is 6.94. The SMILES string of the molecule is CC1(N2CC[C@H](Nc3nn4cc(F)c(-c5ccc6ncccc6c5)c4c(=O)[nH]3)[C@H](F)C2)COC1. The predicted octanol–water partition coefficient (Wildman–Crippen LogP) is 2.99. The summed E-state index contributed by atoms with van der Waals surface area (Å²) in [5.74, 6) is -0.452. The van der Waals surface area contributed by atoms with Crippen LogP contribution in [0.4, 0.5) is 14.7 Å². The summed E-state index contributed by atoms with van der Waals surface area (Å²) in [6.07, 6.45) is 2.27. The van der Waals surface area contributed by atoms with Crippen LogP contribution in [-0.2, 0) is 4.74 Å². The molecule has 2 N–H and O–H groups in total. The van der Waals surface area contributed by atoms with Gasteiger partial charge >= 0.3 is 0 Å². The van der Waals surface area contributed by atoms with Crippen LogP contribution in [0.15, 0.2) is 47.5 Å². The molecule has 0 amide bonds. The van der Waals surface area contributed by atoms with E-state index in [0.717, 1.165) is 10.9 Å². The van der Waals surface area contributed by atoms with E-state index in [-0.39, 0.29) is 29.1 Å². The summed E-state index contributed by atoms with van der Waals surface area (Å²) in [5.41, 5.74) is 0.972. The standard InChI is InChI=1S/C24H24F2N6O2/c1-24(12-34-13-24)31-8-6-19(16(25)10-31)28-23-29-22(33)21-20(17(26)11-32(21)30-23)15-4-5-18-14(9-15)3-2-7-27-18/h2-5,7,9,11,16,19H,6,8,10,12-13H2,1H3,(H2,28,29,30,33)/t16-,19+/m1/s1. The van der Waals surface area contributed by atoms with Crippen molar-refractivity contribution in [3.63, 3.8) is 0 Å². The van der Waals surface area contributed by atoms with Gasteiger partial charge in [-0.3, -0.25) is 19.7 Å². The van der Waals surface area contributed by atoms with Crippen molar-refractivity contribution in [1.82, 2.24) is 24.5 Å². The molecule has 0 unspecified atom stereocenters. The Morgan fingerprint density at radius 1 is 1.29 bits per heavy atom. The van der Waals surface area contributed by atoms with Crippen LogP contribution in [0.3, 0.4) is 0 Å². The van der Waals surface area contributed by atoms with Crippen LogP contribution in [-0.4, -0.2) is 68.5 Å². The molecule has 0 aliphatic carbocycles. The summed E-state index contributed by atoms with van der Waals surface area (Å²) >= 11 is 0. The molecule has 2 saturated heterocycles. The fourth-order valence-corrected chi connectivity index (χ4v) is 4.94. The molecular weight excluding hydrogens is 442 g/mol. The van der Waals surface area contributed by atoms with Crippen molar-refractivity contribution in [2.75, 3.05) is 31.6 Å². The number of aromatic amines is 1. The Balaban J connectivity index is 1.29. The molecule has 34 heavy (non-hydrogen) atoms. The van der Waals surface area contributed by atoms with Gasteiger partial charge in [-0.2, -0.15) is 0 Å². The Labute approximate surface area is 193 Å². The Morgan fingerprint density at radius 2 is 2.15 bits per heavy atom. The number of hydrogen-bond acceptors (Lipinski definition) is 6. The lowest BCUT2D eigenvalue weighted by Crippen LogP contribution is -2.64. The quantitative estimate of drug-likeness (QED) is 0.481. The zero-order valence-electron chi connectivity index (χ0n) is 18.6. The minimum absolute atomic E-state index is 0.0933. The zero-order chi connectivity index (χ0) is 23.4. The monoisotopic (exact) mass is 466 g/mol. The molecule has 8 nitrogen and oxygen atoms in total. The maximum Gasteiger partial charge on any atom is 0.277 e. The number of halogens is 2. The van der Waals surface area contributed by atoms with Gasteiger partial charge in [-0.25, -0.2) is 13.3 Å². The van der Waals surface area contributed by atoms with Crippen molar-refractivity contribution < 1.29 is 13.5 Å². The van der Waals surface area contributed by atoms with Crippen LogP contribution >= 0.6 is 0 Å². The number of benzene rings is 1. The number of nitrogens with one attached hydrogen (secondary N) is 2. The van der Waals surface area contributed by atoms with Gasteiger partial charge in [0.1, 0.15) is 11.7 Å². The van der Waals surface area contributed by atoms with Gasteiger partial charge in [0, 0.05) is 24.7 Å². The highest BCUT2D eigenvalue weighted by Gasteiger charge is 2.43. The number of anilines is 1. The molecule has 1 aromatic carbocycles. The minimum Gasteiger partial charge on any atom is -0.377 e. The lowest BCUT2D eigenvalue weighted by atomic mass is 9.92. The van der Waals surface area contributed by atoms with Crippen LogP contribution in [0.5, 0.6) is 0 Å². The van der Waals surface area contributed by atoms with Crippen molar-refractivity contribution in [2.45, 2.75) is 31.1 Å². The number of rotatable bonds is 4. The third kappa shape index (κ3) is 3.45. The highest BCUT2D eigenvalue weighted by molar-refractivity contribution is 5.89. The van der Waals surface area contributed by atoms with Crippen molar-refractivity contribution in [2.24, 2.45) is 0 Å². The van der Waals surface area contributed by atoms with Gasteiger partial charge in [0.2, 0.25) is 5.95 Å². The highest BCUT2D eigenvalue weighted by Crippen LogP contribution is 2.31. The predicted molar refractivity (Wildman–Crippen MR) is 124 cm³/mol. The van der Waals surface area contributed by atoms with Gasteiger partial charge in [0.15, 0.2) is 5.82 Å². The number of pyridine rings is 1. The molecule has 4 aromatic rings. The fraction of sp³-hybridized carbons (Fsp3) is 0.375. The first kappa shape index (κ1) is 21.2. The topological polar surface area (TPSA) is 87.5 Å². The van der Waals surface area contributed by atoms with E-state index in [1.165, 1.54) is 10.7 Å². The number of likely N-dealkylation sites (tertiary alicyclic amines) is 1. The minimum atomic E-state index is -1.14. The third-order valence-electron chi connectivity index (χ3n) is 6.94. The summed E-state index contributed by atoms with van der Waals surface area (Å²) in [7, 11) is 0. The van der Waals surface area contributed by atoms with E-state index < -0.39 is 23.6 Å². The Morgan fingerprint density at radius 3 is 2.91 bits per heavy atom. The van der Waals surface area contributed by atoms with Crippen LogP contribution in [0.1, 0.15) is 13.3 Å². The summed E-state index contributed by atoms with van der Waals surface area (Å²) in [6.45, 7) is 4.29. The van der Waals surface area contributed by atoms with Gasteiger partial charge < -0.3 is 10.1 Å². The van der Waals surface area contributed by atoms with Gasteiger partial charge in [0.25, 0.3) is 5.56 Å². The Bertz CT molecular complexity index is 1450. The van der Waals surface area contributed by atoms with E-state index in [0.29, 0.717) is 31.7 Å². The molecule has 0 spiro atoms. The molecular formula is C24H24F2N6O2. The van der Waals surface area contributed by atoms with Crippen LogP contribution in [0, 0.1) is 5.82 Å². The van der Waals surface area contributed by atoms with Crippen molar-refractivity contribution >= 4 is 22.4 Å². The maximum absolute atomic E-state index is 15.0. The fourth-order valence-electron chi connectivity index (χ4n) is 4.94. The van der Waals surface area contributed by atoms with Crippen LogP contribution < -0.4 is 10.9 Å². The molecule has 5 heterocycles. The number of nitrogens with zero attached hydrogens (tertiary/aromatic N) is 4. The molecule has 6 rings (SSSR count). The van der Waals surface area contributed by atoms with E-state index in [1.54, 1.807) is 30.5 Å². The maximum atomic E-state index is 15.0. The molecule has 2 fully saturated rings. The van der Waals surface area contributed by atoms with Crippen molar-refractivity contribution in [1.29, 1.82) is 0 Å². The Hall–Kier alpha value is -3.37. The van der Waals surface area contributed by atoms with E-state index in [9.17, 15) is 13.6 Å². The van der Waals surface area contributed by atoms with Gasteiger partial charge in [0.05, 0.1) is 42.1 Å². The van der Waals surface area contributed by atoms with Crippen molar-refractivity contribution in [3.05, 3.63) is 58.9 Å². The highest BCUT2D eigenvalue weighted by atomic mass is 19.1. The molecule has 10 heteroatoms. The molecule has 0 saturated carbocycles. The molecule has 176 valence electrons. The van der Waals surface area contributed by atoms with Gasteiger partial charge in [-0.1, -0.05) is 12.1 Å². The Kier molecular flexibility index (Phi) is 4.89. The number of hydrogen-bond donors (Lipinski definition) is 2. The largest absolute Gasteiger partial charge is 0.377 e. The van der Waals surface area contributed by atoms with Crippen molar-refractivity contribution in [3.8, 4) is 11.1 Å². The molecule has 0 radical (unpaired) electrons. The number of alkyl halides is 1. The summed E-state index contributed by atoms with van der Waals surface area (Å²) < 4.78 is 36.5. The number of ether oxygens (including phenoxy) is 1. The molecule has 3 aromatic heterocycles.